The summed E-state index contributed by atoms with van der Waals surface area (Å²) >= 11 is 0. The molecule has 2 amide bonds. The van der Waals surface area contributed by atoms with Crippen LogP contribution in [0.5, 0.6) is 0 Å². The highest BCUT2D eigenvalue weighted by Gasteiger charge is 2.47. The molecule has 0 aliphatic heterocycles. The Labute approximate surface area is 187 Å². The van der Waals surface area contributed by atoms with Crippen molar-refractivity contribution in [2.75, 3.05) is 20.2 Å². The lowest BCUT2D eigenvalue weighted by Crippen LogP contribution is -2.55. The Bertz CT molecular complexity index is 1000. The molecule has 0 radical (unpaired) electrons. The standard InChI is InChI=1S/C25H28N2O5/c1-16(22(28)29)27(2)23(30)25(12-7-13-25)15-26-24(31)32-14-21-19-10-5-3-8-17(19)18-9-4-6-11-20(18)21/h3-6,8-11,16,21H,7,12-15H2,1-2H3,(H,26,31)(H,28,29)/t16-/m0/s1. The molecule has 1 atom stereocenters. The van der Waals surface area contributed by atoms with Crippen molar-refractivity contribution in [3.63, 3.8) is 0 Å². The van der Waals surface area contributed by atoms with Crippen LogP contribution < -0.4 is 5.32 Å². The fourth-order valence-corrected chi connectivity index (χ4v) is 4.68. The number of carbonyl (C=O) groups excluding carboxylic acids is 2. The van der Waals surface area contributed by atoms with Crippen molar-refractivity contribution in [3.8, 4) is 11.1 Å². The van der Waals surface area contributed by atoms with E-state index in [2.05, 4.69) is 29.6 Å². The van der Waals surface area contributed by atoms with E-state index >= 15 is 0 Å². The van der Waals surface area contributed by atoms with Crippen molar-refractivity contribution in [1.82, 2.24) is 10.2 Å². The molecule has 0 saturated heterocycles. The van der Waals surface area contributed by atoms with Crippen LogP contribution in [-0.2, 0) is 14.3 Å². The van der Waals surface area contributed by atoms with Crippen molar-refractivity contribution in [1.29, 1.82) is 0 Å². The zero-order valence-electron chi connectivity index (χ0n) is 18.3. The van der Waals surface area contributed by atoms with Crippen LogP contribution in [0.4, 0.5) is 4.79 Å². The zero-order valence-corrected chi connectivity index (χ0v) is 18.3. The summed E-state index contributed by atoms with van der Waals surface area (Å²) in [5, 5.41) is 12.0. The van der Waals surface area contributed by atoms with Crippen LogP contribution in [0.2, 0.25) is 0 Å². The quantitative estimate of drug-likeness (QED) is 0.691. The molecule has 1 fully saturated rings. The topological polar surface area (TPSA) is 95.9 Å². The van der Waals surface area contributed by atoms with E-state index in [1.54, 1.807) is 0 Å². The summed E-state index contributed by atoms with van der Waals surface area (Å²) in [6, 6.07) is 15.3. The number of fused-ring (bicyclic) bond motifs is 3. The van der Waals surface area contributed by atoms with E-state index < -0.39 is 23.5 Å². The summed E-state index contributed by atoms with van der Waals surface area (Å²) in [7, 11) is 1.49. The lowest BCUT2D eigenvalue weighted by molar-refractivity contribution is -0.156. The summed E-state index contributed by atoms with van der Waals surface area (Å²) in [5.41, 5.74) is 3.83. The van der Waals surface area contributed by atoms with E-state index in [1.807, 2.05) is 24.3 Å². The van der Waals surface area contributed by atoms with Crippen LogP contribution in [0.1, 0.15) is 43.2 Å². The maximum Gasteiger partial charge on any atom is 0.407 e. The number of nitrogens with one attached hydrogen (secondary N) is 1. The third-order valence-corrected chi connectivity index (χ3v) is 6.94. The van der Waals surface area contributed by atoms with Gasteiger partial charge in [-0.05, 0) is 42.0 Å². The first-order chi connectivity index (χ1) is 15.3. The van der Waals surface area contributed by atoms with Crippen LogP contribution >= 0.6 is 0 Å². The van der Waals surface area contributed by atoms with Gasteiger partial charge in [0.25, 0.3) is 0 Å². The average molecular weight is 437 g/mol. The van der Waals surface area contributed by atoms with E-state index in [4.69, 9.17) is 4.74 Å². The highest BCUT2D eigenvalue weighted by atomic mass is 16.5. The monoisotopic (exact) mass is 436 g/mol. The molecule has 1 saturated carbocycles. The van der Waals surface area contributed by atoms with Crippen molar-refractivity contribution in [3.05, 3.63) is 59.7 Å². The molecule has 2 aromatic rings. The van der Waals surface area contributed by atoms with Gasteiger partial charge in [-0.3, -0.25) is 4.79 Å². The number of carbonyl (C=O) groups is 3. The number of hydrogen-bond acceptors (Lipinski definition) is 4. The molecule has 2 N–H and O–H groups in total. The predicted molar refractivity (Wildman–Crippen MR) is 119 cm³/mol. The Morgan fingerprint density at radius 1 is 1.09 bits per heavy atom. The molecule has 0 bridgehead atoms. The fraction of sp³-hybridized carbons (Fsp3) is 0.400. The molecule has 0 heterocycles. The summed E-state index contributed by atoms with van der Waals surface area (Å²) in [6.45, 7) is 1.82. The van der Waals surface area contributed by atoms with Gasteiger partial charge in [0.2, 0.25) is 5.91 Å². The van der Waals surface area contributed by atoms with Gasteiger partial charge in [-0.25, -0.2) is 9.59 Å². The van der Waals surface area contributed by atoms with Gasteiger partial charge in [0, 0.05) is 19.5 Å². The van der Waals surface area contributed by atoms with E-state index in [-0.39, 0.29) is 25.0 Å². The van der Waals surface area contributed by atoms with Crippen LogP contribution in [0.3, 0.4) is 0 Å². The van der Waals surface area contributed by atoms with Gasteiger partial charge in [0.05, 0.1) is 5.41 Å². The maximum atomic E-state index is 12.9. The molecule has 7 heteroatoms. The largest absolute Gasteiger partial charge is 0.480 e. The highest BCUT2D eigenvalue weighted by molar-refractivity contribution is 5.88. The van der Waals surface area contributed by atoms with Gasteiger partial charge in [0.15, 0.2) is 0 Å². The molecule has 0 spiro atoms. The Kier molecular flexibility index (Phi) is 5.91. The highest BCUT2D eigenvalue weighted by Crippen LogP contribution is 2.45. The third kappa shape index (κ3) is 3.83. The third-order valence-electron chi connectivity index (χ3n) is 6.94. The van der Waals surface area contributed by atoms with Crippen molar-refractivity contribution >= 4 is 18.0 Å². The molecule has 32 heavy (non-hydrogen) atoms. The van der Waals surface area contributed by atoms with Crippen LogP contribution in [-0.4, -0.2) is 54.2 Å². The number of hydrogen-bond donors (Lipinski definition) is 2. The Morgan fingerprint density at radius 3 is 2.16 bits per heavy atom. The molecule has 0 unspecified atom stereocenters. The van der Waals surface area contributed by atoms with Gasteiger partial charge < -0.3 is 20.1 Å². The number of ether oxygens (including phenoxy) is 1. The zero-order chi connectivity index (χ0) is 22.9. The molecule has 0 aromatic heterocycles. The number of carboxylic acid groups (broad SMARTS) is 1. The summed E-state index contributed by atoms with van der Waals surface area (Å²) in [5.74, 6) is -1.34. The number of rotatable bonds is 7. The lowest BCUT2D eigenvalue weighted by atomic mass is 9.67. The molecule has 4 rings (SSSR count). The molecular formula is C25H28N2O5. The number of likely N-dealkylation sites (N-methyl/N-ethyl adjacent to an activating group) is 1. The Hall–Kier alpha value is -3.35. The minimum absolute atomic E-state index is 0.0324. The molecule has 2 aliphatic rings. The van der Waals surface area contributed by atoms with Gasteiger partial charge in [0.1, 0.15) is 12.6 Å². The van der Waals surface area contributed by atoms with Crippen LogP contribution in [0.25, 0.3) is 11.1 Å². The average Bonchev–Trinajstić information content (AvgIpc) is 3.09. The number of alkyl carbamates (subject to hydrolysis) is 1. The first-order valence-electron chi connectivity index (χ1n) is 10.9. The van der Waals surface area contributed by atoms with Crippen LogP contribution in [0.15, 0.2) is 48.5 Å². The van der Waals surface area contributed by atoms with Crippen molar-refractivity contribution in [2.45, 2.75) is 38.1 Å². The molecule has 2 aliphatic carbocycles. The van der Waals surface area contributed by atoms with Gasteiger partial charge >= 0.3 is 12.1 Å². The minimum Gasteiger partial charge on any atom is -0.480 e. The Morgan fingerprint density at radius 2 is 1.66 bits per heavy atom. The maximum absolute atomic E-state index is 12.9. The second kappa shape index (κ2) is 8.65. The first kappa shape index (κ1) is 21.9. The molecule has 2 aromatic carbocycles. The second-order valence-electron chi connectivity index (χ2n) is 8.74. The molecular weight excluding hydrogens is 408 g/mol. The van der Waals surface area contributed by atoms with Crippen molar-refractivity contribution in [2.24, 2.45) is 5.41 Å². The SMILES string of the molecule is C[C@@H](C(=O)O)N(C)C(=O)C1(CNC(=O)OCC2c3ccccc3-c3ccccc32)CCC1. The van der Waals surface area contributed by atoms with Gasteiger partial charge in [-0.15, -0.1) is 0 Å². The number of carboxylic acids is 1. The predicted octanol–water partition coefficient (Wildman–Crippen LogP) is 3.63. The number of nitrogens with zero attached hydrogens (tertiary/aromatic N) is 1. The smallest absolute Gasteiger partial charge is 0.407 e. The first-order valence-corrected chi connectivity index (χ1v) is 10.9. The van der Waals surface area contributed by atoms with Crippen LogP contribution in [0, 0.1) is 5.41 Å². The molecule has 168 valence electrons. The number of aliphatic carboxylic acids is 1. The van der Waals surface area contributed by atoms with Gasteiger partial charge in [-0.1, -0.05) is 55.0 Å². The second-order valence-corrected chi connectivity index (χ2v) is 8.74. The fourth-order valence-electron chi connectivity index (χ4n) is 4.68. The minimum atomic E-state index is -1.06. The summed E-state index contributed by atoms with van der Waals surface area (Å²) < 4.78 is 5.56. The molecule has 7 nitrogen and oxygen atoms in total. The van der Waals surface area contributed by atoms with E-state index in [0.717, 1.165) is 28.7 Å². The normalized spacial score (nSPS) is 16.8. The summed E-state index contributed by atoms with van der Waals surface area (Å²) in [4.78, 5) is 37.9. The van der Waals surface area contributed by atoms with Crippen molar-refractivity contribution < 1.29 is 24.2 Å². The Balaban J connectivity index is 1.38. The lowest BCUT2D eigenvalue weighted by Gasteiger charge is -2.43. The summed E-state index contributed by atoms with van der Waals surface area (Å²) in [6.07, 6.45) is 1.53. The van der Waals surface area contributed by atoms with Gasteiger partial charge in [-0.2, -0.15) is 0 Å². The number of benzene rings is 2. The van der Waals surface area contributed by atoms with E-state index in [0.29, 0.717) is 12.8 Å². The number of amides is 2. The van der Waals surface area contributed by atoms with E-state index in [1.165, 1.54) is 18.9 Å². The van der Waals surface area contributed by atoms with E-state index in [9.17, 15) is 19.5 Å².